The Bertz CT molecular complexity index is 1070. The average molecular weight is 465 g/mol. The molecule has 0 amide bonds. The Labute approximate surface area is 194 Å². The van der Waals surface area contributed by atoms with Crippen LogP contribution in [0.4, 0.5) is 17.1 Å². The molecular weight excluding hydrogens is 435 g/mol. The van der Waals surface area contributed by atoms with Gasteiger partial charge in [0.2, 0.25) is 6.54 Å². The van der Waals surface area contributed by atoms with Crippen molar-refractivity contribution in [1.82, 2.24) is 0 Å². The Balaban J connectivity index is 1.90. The second-order valence-electron chi connectivity index (χ2n) is 8.38. The summed E-state index contributed by atoms with van der Waals surface area (Å²) in [5.41, 5.74) is 2.55. The van der Waals surface area contributed by atoms with E-state index in [1.807, 2.05) is 113 Å². The van der Waals surface area contributed by atoms with Gasteiger partial charge in [-0.3, -0.25) is 14.7 Å². The molecule has 7 nitrogen and oxygen atoms in total. The summed E-state index contributed by atoms with van der Waals surface area (Å²) in [6, 6.07) is 26.8. The standard InChI is InChI=1S/C25H29N4O3P/c1-26(2)22-16-14-21(15-17-22)25(20-29(30)31)33(32)27(23-10-5-3-6-11-23)18-9-19-28(33)24-12-7-4-8-13-24/h3-8,10-17,25H,9,18-20H2,1-2H3. The molecule has 1 aliphatic heterocycles. The summed E-state index contributed by atoms with van der Waals surface area (Å²) in [6.07, 6.45) is 0.804. The molecule has 1 aliphatic rings. The summed E-state index contributed by atoms with van der Waals surface area (Å²) in [5, 5.41) is 11.9. The molecule has 0 saturated carbocycles. The van der Waals surface area contributed by atoms with E-state index in [1.165, 1.54) is 0 Å². The van der Waals surface area contributed by atoms with Crippen molar-refractivity contribution in [1.29, 1.82) is 0 Å². The molecule has 1 saturated heterocycles. The third-order valence-electron chi connectivity index (χ3n) is 6.06. The van der Waals surface area contributed by atoms with E-state index in [0.717, 1.165) is 23.5 Å². The Kier molecular flexibility index (Phi) is 6.70. The highest BCUT2D eigenvalue weighted by atomic mass is 31.2. The first kappa shape index (κ1) is 22.9. The summed E-state index contributed by atoms with van der Waals surface area (Å²) in [5.74, 6) is 0. The van der Waals surface area contributed by atoms with Crippen LogP contribution in [-0.2, 0) is 4.57 Å². The van der Waals surface area contributed by atoms with Crippen molar-refractivity contribution in [2.45, 2.75) is 12.1 Å². The van der Waals surface area contributed by atoms with Crippen molar-refractivity contribution in [3.05, 3.63) is 101 Å². The molecule has 0 aliphatic carbocycles. The molecular formula is C25H29N4O3P. The molecule has 3 aromatic rings. The second kappa shape index (κ2) is 9.67. The molecule has 172 valence electrons. The van der Waals surface area contributed by atoms with E-state index in [9.17, 15) is 10.1 Å². The Hall–Kier alpha value is -3.31. The van der Waals surface area contributed by atoms with Crippen LogP contribution in [0.15, 0.2) is 84.9 Å². The van der Waals surface area contributed by atoms with Crippen LogP contribution in [0.1, 0.15) is 17.6 Å². The number of hydrogen-bond donors (Lipinski definition) is 0. The molecule has 0 aromatic heterocycles. The lowest BCUT2D eigenvalue weighted by Gasteiger charge is -2.48. The van der Waals surface area contributed by atoms with Crippen LogP contribution in [0.2, 0.25) is 0 Å². The van der Waals surface area contributed by atoms with Crippen LogP contribution in [0.25, 0.3) is 0 Å². The number of nitrogens with zero attached hydrogens (tertiary/aromatic N) is 4. The molecule has 33 heavy (non-hydrogen) atoms. The highest BCUT2D eigenvalue weighted by Crippen LogP contribution is 2.67. The van der Waals surface area contributed by atoms with E-state index in [-0.39, 0.29) is 4.92 Å². The maximum absolute atomic E-state index is 15.3. The molecule has 4 rings (SSSR count). The summed E-state index contributed by atoms with van der Waals surface area (Å²) >= 11 is 0. The first-order valence-corrected chi connectivity index (χ1v) is 12.7. The first-order chi connectivity index (χ1) is 15.9. The lowest BCUT2D eigenvalue weighted by Crippen LogP contribution is -2.42. The van der Waals surface area contributed by atoms with Crippen molar-refractivity contribution in [2.24, 2.45) is 0 Å². The van der Waals surface area contributed by atoms with Gasteiger partial charge in [-0.2, -0.15) is 0 Å². The summed E-state index contributed by atoms with van der Waals surface area (Å²) < 4.78 is 19.1. The van der Waals surface area contributed by atoms with Gasteiger partial charge in [-0.15, -0.1) is 0 Å². The highest BCUT2D eigenvalue weighted by Gasteiger charge is 2.50. The van der Waals surface area contributed by atoms with Gasteiger partial charge in [0.1, 0.15) is 5.66 Å². The van der Waals surface area contributed by atoms with Crippen molar-refractivity contribution in [3.8, 4) is 0 Å². The molecule has 8 heteroatoms. The monoisotopic (exact) mass is 464 g/mol. The third kappa shape index (κ3) is 4.60. The molecule has 1 fully saturated rings. The Morgan fingerprint density at radius 3 is 1.79 bits per heavy atom. The fraction of sp³-hybridized carbons (Fsp3) is 0.280. The zero-order chi connectivity index (χ0) is 23.4. The molecule has 0 N–H and O–H groups in total. The van der Waals surface area contributed by atoms with E-state index in [4.69, 9.17) is 0 Å². The number of para-hydroxylation sites is 2. The number of anilines is 3. The number of nitro groups is 1. The van der Waals surface area contributed by atoms with E-state index in [0.29, 0.717) is 18.7 Å². The fourth-order valence-electron chi connectivity index (χ4n) is 4.45. The van der Waals surface area contributed by atoms with Crippen LogP contribution in [0, 0.1) is 10.1 Å². The maximum Gasteiger partial charge on any atom is 0.276 e. The van der Waals surface area contributed by atoms with Gasteiger partial charge in [0.15, 0.2) is 0 Å². The predicted octanol–water partition coefficient (Wildman–Crippen LogP) is 5.68. The van der Waals surface area contributed by atoms with E-state index in [2.05, 4.69) is 0 Å². The van der Waals surface area contributed by atoms with E-state index in [1.54, 1.807) is 0 Å². The predicted molar refractivity (Wildman–Crippen MR) is 135 cm³/mol. The lowest BCUT2D eigenvalue weighted by atomic mass is 10.1. The van der Waals surface area contributed by atoms with Crippen molar-refractivity contribution >= 4 is 24.5 Å². The number of rotatable bonds is 7. The van der Waals surface area contributed by atoms with Crippen molar-refractivity contribution in [2.75, 3.05) is 48.0 Å². The van der Waals surface area contributed by atoms with Gasteiger partial charge in [0.05, 0.1) is 0 Å². The summed E-state index contributed by atoms with van der Waals surface area (Å²) in [4.78, 5) is 13.5. The smallest absolute Gasteiger partial charge is 0.276 e. The SMILES string of the molecule is CN(C)c1ccc(C(C[N+](=O)[O-])P2(=O)N(c3ccccc3)CCCN2c2ccccc2)cc1. The number of benzene rings is 3. The van der Waals surface area contributed by atoms with Gasteiger partial charge in [-0.1, -0.05) is 48.5 Å². The van der Waals surface area contributed by atoms with Gasteiger partial charge in [-0.05, 0) is 48.4 Å². The zero-order valence-corrected chi connectivity index (χ0v) is 19.8. The van der Waals surface area contributed by atoms with Crippen LogP contribution in [-0.4, -0.2) is 38.7 Å². The van der Waals surface area contributed by atoms with Gasteiger partial charge in [0.25, 0.3) is 7.44 Å². The van der Waals surface area contributed by atoms with Crippen LogP contribution in [0.5, 0.6) is 0 Å². The molecule has 1 atom stereocenters. The molecule has 0 radical (unpaired) electrons. The highest BCUT2D eigenvalue weighted by molar-refractivity contribution is 7.67. The minimum absolute atomic E-state index is 0.342. The lowest BCUT2D eigenvalue weighted by molar-refractivity contribution is -0.480. The molecule has 0 spiro atoms. The molecule has 1 unspecified atom stereocenters. The van der Waals surface area contributed by atoms with E-state index >= 15 is 4.57 Å². The normalized spacial score (nSPS) is 16.3. The quantitative estimate of drug-likeness (QED) is 0.255. The Morgan fingerprint density at radius 1 is 0.879 bits per heavy atom. The average Bonchev–Trinajstić information content (AvgIpc) is 2.83. The maximum atomic E-state index is 15.3. The minimum Gasteiger partial charge on any atom is -0.378 e. The van der Waals surface area contributed by atoms with Crippen LogP contribution < -0.4 is 14.2 Å². The molecule has 3 aromatic carbocycles. The summed E-state index contributed by atoms with van der Waals surface area (Å²) in [7, 11) is 0.400. The Morgan fingerprint density at radius 2 is 1.36 bits per heavy atom. The van der Waals surface area contributed by atoms with Gasteiger partial charge < -0.3 is 14.2 Å². The summed E-state index contributed by atoms with van der Waals surface area (Å²) in [6.45, 7) is 0.745. The van der Waals surface area contributed by atoms with Crippen LogP contribution in [0.3, 0.4) is 0 Å². The molecule has 0 bridgehead atoms. The first-order valence-electron chi connectivity index (χ1n) is 11.1. The number of hydrogen-bond acceptors (Lipinski definition) is 4. The second-order valence-corrected chi connectivity index (χ2v) is 11.1. The minimum atomic E-state index is -3.49. The zero-order valence-electron chi connectivity index (χ0n) is 18.9. The van der Waals surface area contributed by atoms with Gasteiger partial charge in [-0.25, -0.2) is 0 Å². The van der Waals surface area contributed by atoms with Gasteiger partial charge in [0, 0.05) is 49.2 Å². The third-order valence-corrected chi connectivity index (χ3v) is 9.58. The largest absolute Gasteiger partial charge is 0.378 e. The van der Waals surface area contributed by atoms with Crippen molar-refractivity contribution < 1.29 is 9.49 Å². The van der Waals surface area contributed by atoms with Crippen LogP contribution >= 0.6 is 7.44 Å². The van der Waals surface area contributed by atoms with E-state index < -0.39 is 19.6 Å². The van der Waals surface area contributed by atoms with Crippen molar-refractivity contribution in [3.63, 3.8) is 0 Å². The fourth-order valence-corrected chi connectivity index (χ4v) is 8.08. The van der Waals surface area contributed by atoms with Gasteiger partial charge >= 0.3 is 0 Å². The topological polar surface area (TPSA) is 69.9 Å². The molecule has 1 heterocycles.